The van der Waals surface area contributed by atoms with Crippen LogP contribution in [0.2, 0.25) is 0 Å². The van der Waals surface area contributed by atoms with E-state index in [1.54, 1.807) is 6.08 Å². The fourth-order valence-corrected chi connectivity index (χ4v) is 1.28. The van der Waals surface area contributed by atoms with Gasteiger partial charge in [-0.1, -0.05) is 6.08 Å². The molecule has 10 heavy (non-hydrogen) atoms. The van der Waals surface area contributed by atoms with Gasteiger partial charge in [-0.2, -0.15) is 0 Å². The first-order chi connectivity index (χ1) is 4.88. The zero-order valence-electron chi connectivity index (χ0n) is 6.12. The van der Waals surface area contributed by atoms with Gasteiger partial charge in [-0.25, -0.2) is 0 Å². The molecule has 1 rings (SSSR count). The van der Waals surface area contributed by atoms with Crippen LogP contribution in [0, 0.1) is 5.92 Å². The maximum atomic E-state index is 8.84. The third-order valence-corrected chi connectivity index (χ3v) is 1.96. The van der Waals surface area contributed by atoms with Crippen molar-refractivity contribution in [3.63, 3.8) is 0 Å². The molecule has 0 aromatic heterocycles. The Balaban J connectivity index is 2.36. The Hall–Kier alpha value is -0.340. The van der Waals surface area contributed by atoms with Crippen LogP contribution in [0.1, 0.15) is 12.8 Å². The van der Waals surface area contributed by atoms with Crippen LogP contribution in [0.5, 0.6) is 0 Å². The molecular formula is C8H14O2. The Morgan fingerprint density at radius 2 is 2.60 bits per heavy atom. The van der Waals surface area contributed by atoms with Crippen LogP contribution in [0.4, 0.5) is 0 Å². The van der Waals surface area contributed by atoms with Gasteiger partial charge < -0.3 is 9.84 Å². The molecule has 1 saturated heterocycles. The highest BCUT2D eigenvalue weighted by molar-refractivity contribution is 4.86. The van der Waals surface area contributed by atoms with Gasteiger partial charge in [-0.3, -0.25) is 0 Å². The van der Waals surface area contributed by atoms with E-state index in [1.165, 1.54) is 0 Å². The van der Waals surface area contributed by atoms with E-state index >= 15 is 0 Å². The zero-order valence-corrected chi connectivity index (χ0v) is 6.12. The molecule has 58 valence electrons. The normalized spacial score (nSPS) is 28.3. The van der Waals surface area contributed by atoms with E-state index < -0.39 is 0 Å². The molecule has 1 N–H and O–H groups in total. The second-order valence-electron chi connectivity index (χ2n) is 2.63. The molecule has 0 saturated carbocycles. The number of aliphatic hydroxyl groups is 1. The lowest BCUT2D eigenvalue weighted by Crippen LogP contribution is -2.20. The van der Waals surface area contributed by atoms with Crippen LogP contribution in [0.15, 0.2) is 12.7 Å². The van der Waals surface area contributed by atoms with Crippen molar-refractivity contribution >= 4 is 0 Å². The van der Waals surface area contributed by atoms with Crippen molar-refractivity contribution in [2.75, 3.05) is 13.2 Å². The number of aliphatic hydroxyl groups excluding tert-OH is 1. The second kappa shape index (κ2) is 3.74. The summed E-state index contributed by atoms with van der Waals surface area (Å²) >= 11 is 0. The van der Waals surface area contributed by atoms with E-state index in [1.807, 2.05) is 0 Å². The Bertz CT molecular complexity index is 106. The van der Waals surface area contributed by atoms with Crippen LogP contribution in [-0.4, -0.2) is 24.4 Å². The smallest absolute Gasteiger partial charge is 0.0660 e. The van der Waals surface area contributed by atoms with Gasteiger partial charge in [0.2, 0.25) is 0 Å². The largest absolute Gasteiger partial charge is 0.396 e. The van der Waals surface area contributed by atoms with Crippen molar-refractivity contribution in [3.05, 3.63) is 12.7 Å². The van der Waals surface area contributed by atoms with Gasteiger partial charge >= 0.3 is 0 Å². The molecule has 0 spiro atoms. The zero-order chi connectivity index (χ0) is 7.40. The van der Waals surface area contributed by atoms with E-state index in [0.29, 0.717) is 0 Å². The molecule has 0 amide bonds. The molecule has 1 heterocycles. The summed E-state index contributed by atoms with van der Waals surface area (Å²) in [6, 6.07) is 0. The molecule has 0 aromatic rings. The number of rotatable bonds is 3. The SMILES string of the molecule is C=CC(CO)C1CCCO1. The lowest BCUT2D eigenvalue weighted by molar-refractivity contribution is 0.0559. The highest BCUT2D eigenvalue weighted by atomic mass is 16.5. The van der Waals surface area contributed by atoms with Gasteiger partial charge in [0.05, 0.1) is 12.7 Å². The molecule has 1 fully saturated rings. The Labute approximate surface area is 61.5 Å². The van der Waals surface area contributed by atoms with Gasteiger partial charge in [-0.15, -0.1) is 6.58 Å². The molecule has 2 nitrogen and oxygen atoms in total. The van der Waals surface area contributed by atoms with E-state index in [4.69, 9.17) is 9.84 Å². The van der Waals surface area contributed by atoms with E-state index in [0.717, 1.165) is 19.4 Å². The average Bonchev–Trinajstić information content (AvgIpc) is 2.43. The van der Waals surface area contributed by atoms with Crippen LogP contribution < -0.4 is 0 Å². The van der Waals surface area contributed by atoms with Crippen LogP contribution in [0.3, 0.4) is 0 Å². The van der Waals surface area contributed by atoms with E-state index in [-0.39, 0.29) is 18.6 Å². The maximum absolute atomic E-state index is 8.84. The fourth-order valence-electron chi connectivity index (χ4n) is 1.28. The van der Waals surface area contributed by atoms with Gasteiger partial charge in [-0.05, 0) is 12.8 Å². The maximum Gasteiger partial charge on any atom is 0.0660 e. The predicted molar refractivity (Wildman–Crippen MR) is 39.7 cm³/mol. The van der Waals surface area contributed by atoms with Crippen LogP contribution in [-0.2, 0) is 4.74 Å². The standard InChI is InChI=1S/C8H14O2/c1-2-7(6-9)8-4-3-5-10-8/h2,7-9H,1,3-6H2. The molecular weight excluding hydrogens is 128 g/mol. The average molecular weight is 142 g/mol. The Morgan fingerprint density at radius 3 is 3.00 bits per heavy atom. The summed E-state index contributed by atoms with van der Waals surface area (Å²) in [6.07, 6.45) is 4.19. The minimum Gasteiger partial charge on any atom is -0.396 e. The molecule has 0 bridgehead atoms. The Kier molecular flexibility index (Phi) is 2.90. The number of hydrogen-bond acceptors (Lipinski definition) is 2. The summed E-state index contributed by atoms with van der Waals surface area (Å²) in [4.78, 5) is 0. The molecule has 2 unspecified atom stereocenters. The van der Waals surface area contributed by atoms with Crippen molar-refractivity contribution < 1.29 is 9.84 Å². The molecule has 2 atom stereocenters. The van der Waals surface area contributed by atoms with Crippen molar-refractivity contribution in [2.45, 2.75) is 18.9 Å². The van der Waals surface area contributed by atoms with Crippen LogP contribution >= 0.6 is 0 Å². The van der Waals surface area contributed by atoms with E-state index in [2.05, 4.69) is 6.58 Å². The van der Waals surface area contributed by atoms with Gasteiger partial charge in [0.15, 0.2) is 0 Å². The first-order valence-corrected chi connectivity index (χ1v) is 3.73. The molecule has 0 aliphatic carbocycles. The molecule has 0 aromatic carbocycles. The van der Waals surface area contributed by atoms with Crippen LogP contribution in [0.25, 0.3) is 0 Å². The van der Waals surface area contributed by atoms with Gasteiger partial charge in [0.1, 0.15) is 0 Å². The lowest BCUT2D eigenvalue weighted by Gasteiger charge is -2.15. The second-order valence-corrected chi connectivity index (χ2v) is 2.63. The summed E-state index contributed by atoms with van der Waals surface area (Å²) < 4.78 is 5.37. The minimum absolute atomic E-state index is 0.141. The van der Waals surface area contributed by atoms with Crippen molar-refractivity contribution in [1.29, 1.82) is 0 Å². The molecule has 1 aliphatic heterocycles. The van der Waals surface area contributed by atoms with Crippen molar-refractivity contribution in [2.24, 2.45) is 5.92 Å². The van der Waals surface area contributed by atoms with Crippen molar-refractivity contribution in [1.82, 2.24) is 0 Å². The summed E-state index contributed by atoms with van der Waals surface area (Å²) in [5.41, 5.74) is 0. The third kappa shape index (κ3) is 1.58. The molecule has 1 aliphatic rings. The molecule has 0 radical (unpaired) electrons. The first kappa shape index (κ1) is 7.76. The summed E-state index contributed by atoms with van der Waals surface area (Å²) in [7, 11) is 0. The van der Waals surface area contributed by atoms with Gasteiger partial charge in [0, 0.05) is 12.5 Å². The predicted octanol–water partition coefficient (Wildman–Crippen LogP) is 0.960. The molecule has 2 heteroatoms. The Morgan fingerprint density at radius 1 is 1.80 bits per heavy atom. The summed E-state index contributed by atoms with van der Waals surface area (Å²) in [5.74, 6) is 0.141. The quantitative estimate of drug-likeness (QED) is 0.595. The topological polar surface area (TPSA) is 29.5 Å². The monoisotopic (exact) mass is 142 g/mol. The number of hydrogen-bond donors (Lipinski definition) is 1. The summed E-state index contributed by atoms with van der Waals surface area (Å²) in [5, 5.41) is 8.84. The van der Waals surface area contributed by atoms with Crippen molar-refractivity contribution in [3.8, 4) is 0 Å². The third-order valence-electron chi connectivity index (χ3n) is 1.96. The minimum atomic E-state index is 0.141. The summed E-state index contributed by atoms with van der Waals surface area (Å²) in [6.45, 7) is 4.64. The fraction of sp³-hybridized carbons (Fsp3) is 0.750. The first-order valence-electron chi connectivity index (χ1n) is 3.73. The highest BCUT2D eigenvalue weighted by Crippen LogP contribution is 2.20. The van der Waals surface area contributed by atoms with Gasteiger partial charge in [0.25, 0.3) is 0 Å². The van der Waals surface area contributed by atoms with E-state index in [9.17, 15) is 0 Å². The number of ether oxygens (including phenoxy) is 1. The highest BCUT2D eigenvalue weighted by Gasteiger charge is 2.22. The lowest BCUT2D eigenvalue weighted by atomic mass is 10.0.